The van der Waals surface area contributed by atoms with Crippen LogP contribution >= 0.6 is 0 Å². The summed E-state index contributed by atoms with van der Waals surface area (Å²) >= 11 is -1.53. The summed E-state index contributed by atoms with van der Waals surface area (Å²) in [5, 5.41) is 0. The summed E-state index contributed by atoms with van der Waals surface area (Å²) in [5.41, 5.74) is 1.40. The minimum absolute atomic E-state index is 0.0828. The molecule has 1 aromatic carbocycles. The zero-order valence-electron chi connectivity index (χ0n) is 15.0. The molecule has 1 aromatic rings. The average Bonchev–Trinajstić information content (AvgIpc) is 3.05. The van der Waals surface area contributed by atoms with E-state index in [0.29, 0.717) is 5.57 Å². The van der Waals surface area contributed by atoms with Crippen LogP contribution in [0.15, 0.2) is 48.6 Å². The molecule has 0 bridgehead atoms. The Morgan fingerprint density at radius 2 is 1.77 bits per heavy atom. The molecule has 1 heterocycles. The minimum atomic E-state index is -1.53. The fraction of sp³-hybridized carbons (Fsp3) is 0.316. The zero-order chi connectivity index (χ0) is 19.1. The van der Waals surface area contributed by atoms with E-state index in [2.05, 4.69) is 4.74 Å². The van der Waals surface area contributed by atoms with E-state index in [1.165, 1.54) is 14.2 Å². The molecule has 7 heteroatoms. The van der Waals surface area contributed by atoms with E-state index in [-0.39, 0.29) is 13.0 Å². The molecule has 0 aliphatic carbocycles. The van der Waals surface area contributed by atoms with Crippen molar-refractivity contribution in [2.45, 2.75) is 20.0 Å². The van der Waals surface area contributed by atoms with Gasteiger partial charge >= 0.3 is 164 Å². The Labute approximate surface area is 163 Å². The van der Waals surface area contributed by atoms with E-state index in [0.717, 1.165) is 12.2 Å². The van der Waals surface area contributed by atoms with Crippen molar-refractivity contribution in [1.29, 1.82) is 0 Å². The van der Waals surface area contributed by atoms with E-state index < -0.39 is 46.7 Å². The standard InChI is InChI=1S/C19H20O6.In/c1-4-15(19(22)25-13-14-8-6-5-7-9-14)10-11-16(18(21)24-3)12-17(20)23-2;/h5-10,16H,12-13H2,1-3H3;. The molecule has 0 amide bonds. The summed E-state index contributed by atoms with van der Waals surface area (Å²) in [7, 11) is 2.56. The molecule has 6 nitrogen and oxygen atoms in total. The number of ether oxygens (including phenoxy) is 3. The number of hydrogen-bond donors (Lipinski definition) is 0. The quantitative estimate of drug-likeness (QED) is 0.459. The van der Waals surface area contributed by atoms with Crippen LogP contribution in [0.5, 0.6) is 0 Å². The molecular weight excluding hydrogens is 439 g/mol. The number of carbonyl (C=O) groups is 3. The number of esters is 3. The van der Waals surface area contributed by atoms with Crippen LogP contribution in [0.25, 0.3) is 0 Å². The predicted molar refractivity (Wildman–Crippen MR) is 94.9 cm³/mol. The van der Waals surface area contributed by atoms with Crippen molar-refractivity contribution < 1.29 is 28.6 Å². The van der Waals surface area contributed by atoms with Crippen LogP contribution in [-0.4, -0.2) is 55.0 Å². The summed E-state index contributed by atoms with van der Waals surface area (Å²) in [4.78, 5) is 36.1. The molecule has 0 saturated heterocycles. The molecule has 1 atom stereocenters. The van der Waals surface area contributed by atoms with Crippen LogP contribution in [0.3, 0.4) is 0 Å². The van der Waals surface area contributed by atoms with Gasteiger partial charge in [0.25, 0.3) is 0 Å². The van der Waals surface area contributed by atoms with Crippen molar-refractivity contribution in [2.24, 2.45) is 5.92 Å². The zero-order valence-corrected chi connectivity index (χ0v) is 18.3. The van der Waals surface area contributed by atoms with Crippen LogP contribution in [0.2, 0.25) is 0 Å². The van der Waals surface area contributed by atoms with Gasteiger partial charge in [0.15, 0.2) is 0 Å². The molecule has 0 saturated carbocycles. The summed E-state index contributed by atoms with van der Waals surface area (Å²) in [6.45, 7) is 2.08. The third kappa shape index (κ3) is 5.24. The number of methoxy groups -OCH3 is 2. The van der Waals surface area contributed by atoms with Crippen molar-refractivity contribution in [1.82, 2.24) is 0 Å². The topological polar surface area (TPSA) is 78.9 Å². The first-order chi connectivity index (χ1) is 12.5. The second kappa shape index (κ2) is 9.62. The first-order valence-electron chi connectivity index (χ1n) is 8.09. The molecule has 1 aliphatic heterocycles. The van der Waals surface area contributed by atoms with Gasteiger partial charge in [0.2, 0.25) is 0 Å². The van der Waals surface area contributed by atoms with Gasteiger partial charge in [-0.15, -0.1) is 0 Å². The van der Waals surface area contributed by atoms with Crippen molar-refractivity contribution >= 4 is 40.8 Å². The molecular formula is C19H20InO6. The van der Waals surface area contributed by atoms with Gasteiger partial charge in [-0.2, -0.15) is 0 Å². The van der Waals surface area contributed by atoms with Crippen LogP contribution in [0.4, 0.5) is 0 Å². The van der Waals surface area contributed by atoms with E-state index in [4.69, 9.17) is 9.47 Å². The number of benzene rings is 1. The Morgan fingerprint density at radius 1 is 1.08 bits per heavy atom. The maximum atomic E-state index is 12.4. The number of carbonyl (C=O) groups excluding carboxylic acids is 3. The Hall–Kier alpha value is -2.02. The Morgan fingerprint density at radius 3 is 2.38 bits per heavy atom. The van der Waals surface area contributed by atoms with Gasteiger partial charge in [-0.05, 0) is 0 Å². The molecule has 0 N–H and O–H groups in total. The second-order valence-electron chi connectivity index (χ2n) is 5.80. The van der Waals surface area contributed by atoms with Crippen LogP contribution in [0.1, 0.15) is 18.9 Å². The van der Waals surface area contributed by atoms with Crippen molar-refractivity contribution in [3.8, 4) is 0 Å². The van der Waals surface area contributed by atoms with E-state index >= 15 is 0 Å². The summed E-state index contributed by atoms with van der Waals surface area (Å²) in [5.74, 6) is -2.07. The third-order valence-electron chi connectivity index (χ3n) is 4.04. The Bertz CT molecular complexity index is 751. The summed E-state index contributed by atoms with van der Waals surface area (Å²) in [6, 6.07) is 9.42. The molecule has 0 spiro atoms. The monoisotopic (exact) mass is 459 g/mol. The second-order valence-corrected chi connectivity index (χ2v) is 11.0. The molecule has 1 aliphatic rings. The van der Waals surface area contributed by atoms with Gasteiger partial charge in [-0.1, -0.05) is 0 Å². The first kappa shape index (κ1) is 20.3. The normalized spacial score (nSPS) is 14.2. The maximum absolute atomic E-state index is 12.4. The number of hydrogen-bond acceptors (Lipinski definition) is 6. The van der Waals surface area contributed by atoms with Crippen molar-refractivity contribution in [3.63, 3.8) is 0 Å². The Balaban J connectivity index is 2.09. The molecule has 0 fully saturated rings. The van der Waals surface area contributed by atoms with Crippen molar-refractivity contribution in [2.75, 3.05) is 14.2 Å². The molecule has 1 radical (unpaired) electrons. The SMILES string of the molecule is COC(=O)CC(C(=O)OC)[C]1=CC(C(=O)OCc2ccccc2)=[C](C)[In]1. The van der Waals surface area contributed by atoms with E-state index in [1.54, 1.807) is 6.08 Å². The third-order valence-corrected chi connectivity index (χ3v) is 8.74. The van der Waals surface area contributed by atoms with Gasteiger partial charge in [-0.3, -0.25) is 0 Å². The molecule has 26 heavy (non-hydrogen) atoms. The van der Waals surface area contributed by atoms with E-state index in [1.807, 2.05) is 37.3 Å². The van der Waals surface area contributed by atoms with Crippen LogP contribution < -0.4 is 0 Å². The van der Waals surface area contributed by atoms with Crippen LogP contribution in [-0.2, 0) is 35.2 Å². The summed E-state index contributed by atoms with van der Waals surface area (Å²) in [6.07, 6.45) is 1.62. The molecule has 1 unspecified atom stereocenters. The predicted octanol–water partition coefficient (Wildman–Crippen LogP) is 1.96. The van der Waals surface area contributed by atoms with Gasteiger partial charge in [-0.25, -0.2) is 0 Å². The molecule has 2 rings (SSSR count). The fourth-order valence-corrected chi connectivity index (χ4v) is 7.06. The van der Waals surface area contributed by atoms with Crippen molar-refractivity contribution in [3.05, 3.63) is 54.2 Å². The number of allylic oxidation sites excluding steroid dienone is 1. The van der Waals surface area contributed by atoms with Crippen LogP contribution in [0, 0.1) is 5.92 Å². The van der Waals surface area contributed by atoms with Gasteiger partial charge in [0, 0.05) is 0 Å². The molecule has 135 valence electrons. The van der Waals surface area contributed by atoms with Gasteiger partial charge in [0.05, 0.1) is 0 Å². The van der Waals surface area contributed by atoms with E-state index in [9.17, 15) is 14.4 Å². The first-order valence-corrected chi connectivity index (χ1v) is 11.4. The van der Waals surface area contributed by atoms with Gasteiger partial charge in [0.1, 0.15) is 0 Å². The number of rotatable bonds is 7. The molecule has 0 aromatic heterocycles. The summed E-state index contributed by atoms with van der Waals surface area (Å²) < 4.78 is 16.7. The average molecular weight is 459 g/mol. The Kier molecular flexibility index (Phi) is 7.51. The fourth-order valence-electron chi connectivity index (χ4n) is 2.60. The van der Waals surface area contributed by atoms with Gasteiger partial charge < -0.3 is 0 Å².